The quantitative estimate of drug-likeness (QED) is 0.890. The Labute approximate surface area is 109 Å². The molecule has 1 heterocycles. The van der Waals surface area contributed by atoms with E-state index in [1.807, 2.05) is 12.1 Å². The molecule has 1 aliphatic rings. The van der Waals surface area contributed by atoms with Gasteiger partial charge in [-0.2, -0.15) is 0 Å². The van der Waals surface area contributed by atoms with E-state index in [0.29, 0.717) is 5.75 Å². The Morgan fingerprint density at radius 2 is 2.17 bits per heavy atom. The zero-order chi connectivity index (χ0) is 13.0. The molecular formula is C15H22FNO. The maximum atomic E-state index is 14.1. The Balaban J connectivity index is 2.17. The van der Waals surface area contributed by atoms with E-state index < -0.39 is 0 Å². The van der Waals surface area contributed by atoms with E-state index in [-0.39, 0.29) is 11.4 Å². The van der Waals surface area contributed by atoms with Crippen molar-refractivity contribution in [1.29, 1.82) is 0 Å². The van der Waals surface area contributed by atoms with Crippen molar-refractivity contribution in [2.24, 2.45) is 0 Å². The second-order valence-corrected chi connectivity index (χ2v) is 5.41. The fourth-order valence-electron chi connectivity index (χ4n) is 2.72. The first-order chi connectivity index (χ1) is 8.64. The van der Waals surface area contributed by atoms with Crippen LogP contribution in [-0.2, 0) is 6.42 Å². The number of halogens is 1. The first kappa shape index (κ1) is 13.3. The lowest BCUT2D eigenvalue weighted by Crippen LogP contribution is -2.43. The van der Waals surface area contributed by atoms with Crippen LogP contribution in [0, 0.1) is 5.82 Å². The topological polar surface area (TPSA) is 21.3 Å². The molecule has 1 unspecified atom stereocenters. The third kappa shape index (κ3) is 3.02. The highest BCUT2D eigenvalue weighted by molar-refractivity contribution is 5.32. The molecule has 2 nitrogen and oxygen atoms in total. The van der Waals surface area contributed by atoms with Gasteiger partial charge >= 0.3 is 0 Å². The Bertz CT molecular complexity index is 397. The molecular weight excluding hydrogens is 229 g/mol. The summed E-state index contributed by atoms with van der Waals surface area (Å²) in [6.07, 6.45) is 5.52. The third-order valence-electron chi connectivity index (χ3n) is 3.80. The molecule has 2 rings (SSSR count). The summed E-state index contributed by atoms with van der Waals surface area (Å²) in [5.41, 5.74) is 0.746. The summed E-state index contributed by atoms with van der Waals surface area (Å²) in [4.78, 5) is 0. The van der Waals surface area contributed by atoms with E-state index in [0.717, 1.165) is 24.9 Å². The fraction of sp³-hybridized carbons (Fsp3) is 0.600. The number of ether oxygens (including phenoxy) is 1. The molecule has 0 bridgehead atoms. The molecule has 0 saturated carbocycles. The number of rotatable bonds is 3. The van der Waals surface area contributed by atoms with E-state index in [4.69, 9.17) is 4.74 Å². The predicted octanol–water partition coefficient (Wildman–Crippen LogP) is 3.30. The van der Waals surface area contributed by atoms with Crippen LogP contribution in [0.25, 0.3) is 0 Å². The van der Waals surface area contributed by atoms with Crippen molar-refractivity contribution in [3.8, 4) is 5.75 Å². The maximum absolute atomic E-state index is 14.1. The first-order valence-corrected chi connectivity index (χ1v) is 6.71. The lowest BCUT2D eigenvalue weighted by Gasteiger charge is -2.30. The van der Waals surface area contributed by atoms with Crippen molar-refractivity contribution in [3.63, 3.8) is 0 Å². The van der Waals surface area contributed by atoms with Crippen LogP contribution in [0.2, 0.25) is 0 Å². The van der Waals surface area contributed by atoms with E-state index in [9.17, 15) is 4.39 Å². The van der Waals surface area contributed by atoms with Crippen molar-refractivity contribution in [2.45, 2.75) is 44.6 Å². The number of hydrogen-bond acceptors (Lipinski definition) is 2. The largest absolute Gasteiger partial charge is 0.494 e. The molecule has 1 fully saturated rings. The van der Waals surface area contributed by atoms with Gasteiger partial charge in [0, 0.05) is 5.54 Å². The van der Waals surface area contributed by atoms with Crippen LogP contribution in [0.3, 0.4) is 0 Å². The van der Waals surface area contributed by atoms with Gasteiger partial charge in [0.05, 0.1) is 7.11 Å². The SMILES string of the molecule is COc1cccc(CC2(C)CCCCCN2)c1F. The molecule has 100 valence electrons. The van der Waals surface area contributed by atoms with Gasteiger partial charge in [0.1, 0.15) is 0 Å². The van der Waals surface area contributed by atoms with Crippen LogP contribution in [-0.4, -0.2) is 19.2 Å². The van der Waals surface area contributed by atoms with Crippen molar-refractivity contribution in [1.82, 2.24) is 5.32 Å². The molecule has 0 aliphatic carbocycles. The van der Waals surface area contributed by atoms with Gasteiger partial charge in [-0.3, -0.25) is 0 Å². The minimum atomic E-state index is -0.215. The van der Waals surface area contributed by atoms with Gasteiger partial charge in [0.15, 0.2) is 11.6 Å². The molecule has 0 aromatic heterocycles. The lowest BCUT2D eigenvalue weighted by atomic mass is 9.88. The Morgan fingerprint density at radius 3 is 2.94 bits per heavy atom. The summed E-state index contributed by atoms with van der Waals surface area (Å²) < 4.78 is 19.2. The maximum Gasteiger partial charge on any atom is 0.168 e. The van der Waals surface area contributed by atoms with Crippen LogP contribution in [0.1, 0.15) is 38.2 Å². The summed E-state index contributed by atoms with van der Waals surface area (Å²) in [6, 6.07) is 5.38. The van der Waals surface area contributed by atoms with Crippen LogP contribution in [0.15, 0.2) is 18.2 Å². The predicted molar refractivity (Wildman–Crippen MR) is 71.5 cm³/mol. The Hall–Kier alpha value is -1.09. The molecule has 18 heavy (non-hydrogen) atoms. The number of hydrogen-bond donors (Lipinski definition) is 1. The molecule has 0 radical (unpaired) electrons. The zero-order valence-electron chi connectivity index (χ0n) is 11.3. The Morgan fingerprint density at radius 1 is 1.33 bits per heavy atom. The summed E-state index contributed by atoms with van der Waals surface area (Å²) in [5.74, 6) is 0.122. The van der Waals surface area contributed by atoms with Gasteiger partial charge in [-0.25, -0.2) is 4.39 Å². The van der Waals surface area contributed by atoms with Gasteiger partial charge in [0.2, 0.25) is 0 Å². The normalized spacial score (nSPS) is 24.6. The Kier molecular flexibility index (Phi) is 4.23. The van der Waals surface area contributed by atoms with Crippen LogP contribution in [0.4, 0.5) is 4.39 Å². The second kappa shape index (κ2) is 5.70. The molecule has 1 aromatic carbocycles. The summed E-state index contributed by atoms with van der Waals surface area (Å²) in [5, 5.41) is 3.56. The number of methoxy groups -OCH3 is 1. The molecule has 0 amide bonds. The first-order valence-electron chi connectivity index (χ1n) is 6.71. The smallest absolute Gasteiger partial charge is 0.168 e. The highest BCUT2D eigenvalue weighted by Crippen LogP contribution is 2.27. The van der Waals surface area contributed by atoms with Crippen LogP contribution in [0.5, 0.6) is 5.75 Å². The van der Waals surface area contributed by atoms with Crippen molar-refractivity contribution < 1.29 is 9.13 Å². The number of nitrogens with one attached hydrogen (secondary N) is 1. The van der Waals surface area contributed by atoms with E-state index >= 15 is 0 Å². The number of benzene rings is 1. The summed E-state index contributed by atoms with van der Waals surface area (Å²) >= 11 is 0. The lowest BCUT2D eigenvalue weighted by molar-refractivity contribution is 0.336. The minimum Gasteiger partial charge on any atom is -0.494 e. The van der Waals surface area contributed by atoms with Crippen LogP contribution < -0.4 is 10.1 Å². The fourth-order valence-corrected chi connectivity index (χ4v) is 2.72. The minimum absolute atomic E-state index is 0.00368. The molecule has 1 saturated heterocycles. The zero-order valence-corrected chi connectivity index (χ0v) is 11.3. The molecule has 0 spiro atoms. The van der Waals surface area contributed by atoms with E-state index in [1.165, 1.54) is 26.4 Å². The van der Waals surface area contributed by atoms with Crippen molar-refractivity contribution in [3.05, 3.63) is 29.6 Å². The summed E-state index contributed by atoms with van der Waals surface area (Å²) in [7, 11) is 1.51. The average molecular weight is 251 g/mol. The van der Waals surface area contributed by atoms with Gasteiger partial charge in [-0.15, -0.1) is 0 Å². The van der Waals surface area contributed by atoms with Gasteiger partial charge in [-0.05, 0) is 44.4 Å². The summed E-state index contributed by atoms with van der Waals surface area (Å²) in [6.45, 7) is 3.22. The molecule has 1 N–H and O–H groups in total. The van der Waals surface area contributed by atoms with Gasteiger partial charge in [-0.1, -0.05) is 25.0 Å². The van der Waals surface area contributed by atoms with Gasteiger partial charge < -0.3 is 10.1 Å². The second-order valence-electron chi connectivity index (χ2n) is 5.41. The third-order valence-corrected chi connectivity index (χ3v) is 3.80. The highest BCUT2D eigenvalue weighted by atomic mass is 19.1. The van der Waals surface area contributed by atoms with E-state index in [1.54, 1.807) is 6.07 Å². The average Bonchev–Trinajstić information content (AvgIpc) is 2.57. The highest BCUT2D eigenvalue weighted by Gasteiger charge is 2.27. The molecule has 1 aromatic rings. The monoisotopic (exact) mass is 251 g/mol. The van der Waals surface area contributed by atoms with Crippen LogP contribution >= 0.6 is 0 Å². The van der Waals surface area contributed by atoms with Crippen molar-refractivity contribution in [2.75, 3.05) is 13.7 Å². The molecule has 1 aliphatic heterocycles. The molecule has 1 atom stereocenters. The standard InChI is InChI=1S/C15H22FNO/c1-15(9-4-3-5-10-17-15)11-12-7-6-8-13(18-2)14(12)16/h6-8,17H,3-5,9-11H2,1-2H3. The van der Waals surface area contributed by atoms with Gasteiger partial charge in [0.25, 0.3) is 0 Å². The van der Waals surface area contributed by atoms with E-state index in [2.05, 4.69) is 12.2 Å². The van der Waals surface area contributed by atoms with Crippen molar-refractivity contribution >= 4 is 0 Å². The molecule has 3 heteroatoms.